The van der Waals surface area contributed by atoms with Crippen molar-refractivity contribution < 1.29 is 4.79 Å². The van der Waals surface area contributed by atoms with Crippen LogP contribution in [0, 0.1) is 0 Å². The van der Waals surface area contributed by atoms with Crippen LogP contribution in [-0.2, 0) is 0 Å². The zero-order valence-corrected chi connectivity index (χ0v) is 10.4. The van der Waals surface area contributed by atoms with Crippen molar-refractivity contribution >= 4 is 11.6 Å². The summed E-state index contributed by atoms with van der Waals surface area (Å²) in [6.07, 6.45) is 6.94. The number of hydrogen-bond acceptors (Lipinski definition) is 4. The minimum absolute atomic E-state index is 0.0731. The van der Waals surface area contributed by atoms with E-state index >= 15 is 0 Å². The molecule has 2 aromatic heterocycles. The second-order valence-corrected chi connectivity index (χ2v) is 4.64. The molecule has 3 heterocycles. The van der Waals surface area contributed by atoms with Gasteiger partial charge in [-0.25, -0.2) is 0 Å². The molecule has 3 N–H and O–H groups in total. The molecule has 2 aromatic rings. The molecule has 19 heavy (non-hydrogen) atoms. The SMILES string of the molecule is Nc1cn[nH]c1C(=O)N1CCCC1c1cccnc1. The van der Waals surface area contributed by atoms with Crippen LogP contribution in [0.25, 0.3) is 0 Å². The van der Waals surface area contributed by atoms with Gasteiger partial charge in [-0.3, -0.25) is 14.9 Å². The van der Waals surface area contributed by atoms with Gasteiger partial charge in [-0.2, -0.15) is 5.10 Å². The largest absolute Gasteiger partial charge is 0.396 e. The molecule has 98 valence electrons. The molecule has 1 saturated heterocycles. The van der Waals surface area contributed by atoms with Crippen LogP contribution in [0.15, 0.2) is 30.7 Å². The first-order valence-electron chi connectivity index (χ1n) is 6.27. The first kappa shape index (κ1) is 11.7. The van der Waals surface area contributed by atoms with Gasteiger partial charge in [0, 0.05) is 18.9 Å². The number of carbonyl (C=O) groups excluding carboxylic acids is 1. The van der Waals surface area contributed by atoms with Crippen molar-refractivity contribution in [1.82, 2.24) is 20.1 Å². The normalized spacial score (nSPS) is 18.7. The maximum atomic E-state index is 12.5. The number of nitrogens with two attached hydrogens (primary N) is 1. The topological polar surface area (TPSA) is 87.9 Å². The third kappa shape index (κ3) is 2.05. The first-order chi connectivity index (χ1) is 9.27. The number of nitrogen functional groups attached to an aromatic ring is 1. The predicted octanol–water partition coefficient (Wildman–Crippen LogP) is 1.36. The smallest absolute Gasteiger partial charge is 0.274 e. The Labute approximate surface area is 110 Å². The fraction of sp³-hybridized carbons (Fsp3) is 0.308. The number of hydrogen-bond donors (Lipinski definition) is 2. The lowest BCUT2D eigenvalue weighted by molar-refractivity contribution is 0.0730. The molecule has 0 bridgehead atoms. The van der Waals surface area contributed by atoms with Gasteiger partial charge in [-0.1, -0.05) is 6.07 Å². The summed E-state index contributed by atoms with van der Waals surface area (Å²) in [5, 5.41) is 6.47. The van der Waals surface area contributed by atoms with Crippen molar-refractivity contribution in [2.24, 2.45) is 0 Å². The summed E-state index contributed by atoms with van der Waals surface area (Å²) >= 11 is 0. The van der Waals surface area contributed by atoms with E-state index in [1.165, 1.54) is 6.20 Å². The maximum Gasteiger partial charge on any atom is 0.274 e. The Balaban J connectivity index is 1.88. The van der Waals surface area contributed by atoms with E-state index < -0.39 is 0 Å². The van der Waals surface area contributed by atoms with Crippen LogP contribution < -0.4 is 5.73 Å². The third-order valence-corrected chi connectivity index (χ3v) is 3.47. The molecule has 1 atom stereocenters. The van der Waals surface area contributed by atoms with Crippen LogP contribution in [-0.4, -0.2) is 32.5 Å². The number of carbonyl (C=O) groups is 1. The Morgan fingerprint density at radius 3 is 3.05 bits per heavy atom. The summed E-state index contributed by atoms with van der Waals surface area (Å²) in [6, 6.07) is 3.96. The highest BCUT2D eigenvalue weighted by Gasteiger charge is 2.32. The lowest BCUT2D eigenvalue weighted by Gasteiger charge is -2.24. The number of aromatic amines is 1. The average molecular weight is 257 g/mol. The van der Waals surface area contributed by atoms with E-state index in [1.54, 1.807) is 6.20 Å². The minimum Gasteiger partial charge on any atom is -0.396 e. The van der Waals surface area contributed by atoms with Crippen LogP contribution in [0.4, 0.5) is 5.69 Å². The number of likely N-dealkylation sites (tertiary alicyclic amines) is 1. The van der Waals surface area contributed by atoms with Crippen molar-refractivity contribution in [1.29, 1.82) is 0 Å². The molecule has 0 aromatic carbocycles. The number of rotatable bonds is 2. The van der Waals surface area contributed by atoms with E-state index in [2.05, 4.69) is 15.2 Å². The van der Waals surface area contributed by atoms with Crippen molar-refractivity contribution in [3.05, 3.63) is 42.0 Å². The number of nitrogens with one attached hydrogen (secondary N) is 1. The van der Waals surface area contributed by atoms with Gasteiger partial charge in [0.1, 0.15) is 5.69 Å². The van der Waals surface area contributed by atoms with E-state index in [9.17, 15) is 4.79 Å². The van der Waals surface area contributed by atoms with Gasteiger partial charge in [0.05, 0.1) is 17.9 Å². The Morgan fingerprint density at radius 1 is 1.47 bits per heavy atom. The van der Waals surface area contributed by atoms with E-state index in [0.717, 1.165) is 24.9 Å². The molecule has 6 heteroatoms. The van der Waals surface area contributed by atoms with Crippen molar-refractivity contribution in [3.63, 3.8) is 0 Å². The average Bonchev–Trinajstić information content (AvgIpc) is 3.07. The fourth-order valence-electron chi connectivity index (χ4n) is 2.54. The molecule has 1 amide bonds. The lowest BCUT2D eigenvalue weighted by Crippen LogP contribution is -2.31. The Bertz CT molecular complexity index is 580. The molecular formula is C13H15N5O. The molecule has 0 saturated carbocycles. The van der Waals surface area contributed by atoms with Gasteiger partial charge in [-0.15, -0.1) is 0 Å². The van der Waals surface area contributed by atoms with Gasteiger partial charge in [-0.05, 0) is 24.5 Å². The number of anilines is 1. The van der Waals surface area contributed by atoms with Crippen LogP contribution in [0.2, 0.25) is 0 Å². The van der Waals surface area contributed by atoms with Gasteiger partial charge in [0.25, 0.3) is 5.91 Å². The van der Waals surface area contributed by atoms with Crippen molar-refractivity contribution in [2.45, 2.75) is 18.9 Å². The second-order valence-electron chi connectivity index (χ2n) is 4.64. The van der Waals surface area contributed by atoms with Crippen LogP contribution in [0.1, 0.15) is 34.9 Å². The number of nitrogens with zero attached hydrogens (tertiary/aromatic N) is 3. The highest BCUT2D eigenvalue weighted by molar-refractivity contribution is 5.97. The van der Waals surface area contributed by atoms with Crippen LogP contribution >= 0.6 is 0 Å². The highest BCUT2D eigenvalue weighted by Crippen LogP contribution is 2.32. The van der Waals surface area contributed by atoms with Crippen molar-refractivity contribution in [2.75, 3.05) is 12.3 Å². The molecule has 0 radical (unpaired) electrons. The van der Waals surface area contributed by atoms with Crippen molar-refractivity contribution in [3.8, 4) is 0 Å². The summed E-state index contributed by atoms with van der Waals surface area (Å²) in [5.41, 5.74) is 7.56. The first-order valence-corrected chi connectivity index (χ1v) is 6.27. The van der Waals surface area contributed by atoms with E-state index in [0.29, 0.717) is 11.4 Å². The fourth-order valence-corrected chi connectivity index (χ4v) is 2.54. The van der Waals surface area contributed by atoms with Crippen LogP contribution in [0.5, 0.6) is 0 Å². The number of amides is 1. The number of aromatic nitrogens is 3. The molecule has 6 nitrogen and oxygen atoms in total. The highest BCUT2D eigenvalue weighted by atomic mass is 16.2. The second kappa shape index (κ2) is 4.72. The molecular weight excluding hydrogens is 242 g/mol. The maximum absolute atomic E-state index is 12.5. The zero-order valence-electron chi connectivity index (χ0n) is 10.4. The van der Waals surface area contributed by atoms with E-state index in [1.807, 2.05) is 23.2 Å². The van der Waals surface area contributed by atoms with E-state index in [4.69, 9.17) is 5.73 Å². The lowest BCUT2D eigenvalue weighted by atomic mass is 10.1. The summed E-state index contributed by atoms with van der Waals surface area (Å²) in [7, 11) is 0. The van der Waals surface area contributed by atoms with Gasteiger partial charge in [0.2, 0.25) is 0 Å². The molecule has 3 rings (SSSR count). The monoisotopic (exact) mass is 257 g/mol. The third-order valence-electron chi connectivity index (χ3n) is 3.47. The van der Waals surface area contributed by atoms with Gasteiger partial charge >= 0.3 is 0 Å². The zero-order chi connectivity index (χ0) is 13.2. The molecule has 1 fully saturated rings. The summed E-state index contributed by atoms with van der Waals surface area (Å²) in [6.45, 7) is 0.733. The summed E-state index contributed by atoms with van der Waals surface area (Å²) < 4.78 is 0. The summed E-state index contributed by atoms with van der Waals surface area (Å²) in [5.74, 6) is -0.0960. The van der Waals surface area contributed by atoms with Gasteiger partial charge in [0.15, 0.2) is 0 Å². The minimum atomic E-state index is -0.0960. The molecule has 1 unspecified atom stereocenters. The number of pyridine rings is 1. The van der Waals surface area contributed by atoms with Crippen LogP contribution in [0.3, 0.4) is 0 Å². The van der Waals surface area contributed by atoms with E-state index in [-0.39, 0.29) is 11.9 Å². The molecule has 1 aliphatic heterocycles. The number of H-pyrrole nitrogens is 1. The summed E-state index contributed by atoms with van der Waals surface area (Å²) in [4.78, 5) is 18.4. The van der Waals surface area contributed by atoms with Gasteiger partial charge < -0.3 is 10.6 Å². The predicted molar refractivity (Wildman–Crippen MR) is 70.2 cm³/mol. The molecule has 1 aliphatic rings. The molecule has 0 aliphatic carbocycles. The Morgan fingerprint density at radius 2 is 2.37 bits per heavy atom. The quantitative estimate of drug-likeness (QED) is 0.850. The standard InChI is InChI=1S/C13H15N5O/c14-10-8-16-17-12(10)13(19)18-6-2-4-11(18)9-3-1-5-15-7-9/h1,3,5,7-8,11H,2,4,6,14H2,(H,16,17). The Hall–Kier alpha value is -2.37. The Kier molecular flexibility index (Phi) is 2.91. The molecule has 0 spiro atoms.